The third-order valence-electron chi connectivity index (χ3n) is 2.43. The predicted molar refractivity (Wildman–Crippen MR) is 61.2 cm³/mol. The van der Waals surface area contributed by atoms with E-state index in [2.05, 4.69) is 5.43 Å². The molecule has 0 saturated carbocycles. The lowest BCUT2D eigenvalue weighted by Gasteiger charge is -2.16. The molecule has 1 aromatic carbocycles. The average Bonchev–Trinajstić information content (AvgIpc) is 2.24. The number of hydrogen-bond donors (Lipinski definition) is 2. The maximum absolute atomic E-state index is 13.3. The van der Waals surface area contributed by atoms with E-state index < -0.39 is 0 Å². The number of nitrogens with two attached hydrogens (primary N) is 1. The molecule has 2 nitrogen and oxygen atoms in total. The Labute approximate surface area is 94.6 Å². The zero-order valence-corrected chi connectivity index (χ0v) is 9.52. The van der Waals surface area contributed by atoms with Gasteiger partial charge in [0.2, 0.25) is 0 Å². The van der Waals surface area contributed by atoms with Gasteiger partial charge in [0.15, 0.2) is 0 Å². The van der Waals surface area contributed by atoms with Crippen molar-refractivity contribution in [1.82, 2.24) is 5.43 Å². The van der Waals surface area contributed by atoms with Crippen molar-refractivity contribution in [3.8, 4) is 0 Å². The molecule has 1 atom stereocenters. The van der Waals surface area contributed by atoms with Crippen molar-refractivity contribution in [3.05, 3.63) is 35.1 Å². The van der Waals surface area contributed by atoms with E-state index in [1.54, 1.807) is 13.0 Å². The molecule has 0 aromatic heterocycles. The second-order valence-corrected chi connectivity index (χ2v) is 3.94. The third kappa shape index (κ3) is 3.45. The van der Waals surface area contributed by atoms with Crippen LogP contribution in [0.1, 0.15) is 30.0 Å². The Bertz CT molecular complexity index is 317. The van der Waals surface area contributed by atoms with Crippen LogP contribution < -0.4 is 11.3 Å². The highest BCUT2D eigenvalue weighted by molar-refractivity contribution is 6.17. The maximum Gasteiger partial charge on any atom is 0.126 e. The van der Waals surface area contributed by atoms with Crippen LogP contribution in [0.4, 0.5) is 4.39 Å². The van der Waals surface area contributed by atoms with Gasteiger partial charge < -0.3 is 0 Å². The molecule has 15 heavy (non-hydrogen) atoms. The van der Waals surface area contributed by atoms with E-state index in [0.29, 0.717) is 11.4 Å². The fourth-order valence-corrected chi connectivity index (χ4v) is 1.61. The first kappa shape index (κ1) is 12.4. The third-order valence-corrected chi connectivity index (χ3v) is 2.69. The lowest BCUT2D eigenvalue weighted by Crippen LogP contribution is -2.28. The van der Waals surface area contributed by atoms with Gasteiger partial charge in [-0.15, -0.1) is 11.6 Å². The van der Waals surface area contributed by atoms with Gasteiger partial charge in [0.05, 0.1) is 0 Å². The van der Waals surface area contributed by atoms with Crippen molar-refractivity contribution in [2.24, 2.45) is 5.84 Å². The number of alkyl halides is 1. The van der Waals surface area contributed by atoms with Crippen LogP contribution in [0.2, 0.25) is 0 Å². The van der Waals surface area contributed by atoms with E-state index >= 15 is 0 Å². The Morgan fingerprint density at radius 1 is 1.53 bits per heavy atom. The van der Waals surface area contributed by atoms with Crippen LogP contribution in [0.25, 0.3) is 0 Å². The number of nitrogens with one attached hydrogen (secondary N) is 1. The van der Waals surface area contributed by atoms with Gasteiger partial charge >= 0.3 is 0 Å². The van der Waals surface area contributed by atoms with Crippen LogP contribution in [-0.2, 0) is 0 Å². The molecule has 1 aromatic rings. The molecule has 1 rings (SSSR count). The molecule has 0 aliphatic heterocycles. The lowest BCUT2D eigenvalue weighted by molar-refractivity contribution is 0.506. The summed E-state index contributed by atoms with van der Waals surface area (Å²) in [5.41, 5.74) is 4.19. The highest BCUT2D eigenvalue weighted by atomic mass is 35.5. The number of rotatable bonds is 5. The van der Waals surface area contributed by atoms with Crippen LogP contribution in [0.5, 0.6) is 0 Å². The number of aryl methyl sites for hydroxylation is 1. The van der Waals surface area contributed by atoms with Crippen LogP contribution in [0, 0.1) is 12.7 Å². The van der Waals surface area contributed by atoms with Crippen molar-refractivity contribution in [2.75, 3.05) is 5.88 Å². The topological polar surface area (TPSA) is 38.0 Å². The van der Waals surface area contributed by atoms with Gasteiger partial charge in [0, 0.05) is 11.9 Å². The molecule has 1 unspecified atom stereocenters. The summed E-state index contributed by atoms with van der Waals surface area (Å²) in [6.07, 6.45) is 1.66. The summed E-state index contributed by atoms with van der Waals surface area (Å²) in [7, 11) is 0. The van der Waals surface area contributed by atoms with E-state index in [4.69, 9.17) is 17.4 Å². The molecule has 0 saturated heterocycles. The highest BCUT2D eigenvalue weighted by Crippen LogP contribution is 2.20. The predicted octanol–water partition coefficient (Wildman–Crippen LogP) is 2.66. The standard InChI is InChI=1S/C11H16ClFN2/c1-8-4-5-9(7-10(8)13)11(15-14)3-2-6-12/h4-5,7,11,15H,2-3,6,14H2,1H3. The Kier molecular flexibility index (Phi) is 5.02. The van der Waals surface area contributed by atoms with Crippen molar-refractivity contribution in [1.29, 1.82) is 0 Å². The van der Waals surface area contributed by atoms with Crippen LogP contribution in [0.15, 0.2) is 18.2 Å². The zero-order valence-electron chi connectivity index (χ0n) is 8.76. The van der Waals surface area contributed by atoms with Gasteiger partial charge in [-0.2, -0.15) is 0 Å². The summed E-state index contributed by atoms with van der Waals surface area (Å²) < 4.78 is 13.3. The smallest absolute Gasteiger partial charge is 0.126 e. The van der Waals surface area contributed by atoms with Gasteiger partial charge in [-0.3, -0.25) is 11.3 Å². The SMILES string of the molecule is Cc1ccc(C(CCCCl)NN)cc1F. The molecule has 0 amide bonds. The number of benzene rings is 1. The molecule has 0 bridgehead atoms. The van der Waals surface area contributed by atoms with Gasteiger partial charge in [-0.1, -0.05) is 12.1 Å². The first-order chi connectivity index (χ1) is 7.19. The molecular formula is C11H16ClFN2. The first-order valence-electron chi connectivity index (χ1n) is 4.97. The largest absolute Gasteiger partial charge is 0.271 e. The molecule has 84 valence electrons. The van der Waals surface area contributed by atoms with E-state index in [1.807, 2.05) is 6.07 Å². The van der Waals surface area contributed by atoms with Crippen LogP contribution in [-0.4, -0.2) is 5.88 Å². The van der Waals surface area contributed by atoms with E-state index in [9.17, 15) is 4.39 Å². The Morgan fingerprint density at radius 2 is 2.27 bits per heavy atom. The number of hydrazine groups is 1. The van der Waals surface area contributed by atoms with Crippen LogP contribution in [0.3, 0.4) is 0 Å². The fourth-order valence-electron chi connectivity index (χ4n) is 1.45. The molecule has 0 aliphatic rings. The summed E-state index contributed by atoms with van der Waals surface area (Å²) in [5.74, 6) is 5.81. The summed E-state index contributed by atoms with van der Waals surface area (Å²) in [5, 5.41) is 0. The van der Waals surface area contributed by atoms with Crippen molar-refractivity contribution in [2.45, 2.75) is 25.8 Å². The Morgan fingerprint density at radius 3 is 2.80 bits per heavy atom. The minimum Gasteiger partial charge on any atom is -0.271 e. The average molecular weight is 231 g/mol. The second-order valence-electron chi connectivity index (χ2n) is 3.56. The number of halogens is 2. The monoisotopic (exact) mass is 230 g/mol. The molecule has 3 N–H and O–H groups in total. The maximum atomic E-state index is 13.3. The second kappa shape index (κ2) is 6.05. The summed E-state index contributed by atoms with van der Waals surface area (Å²) in [4.78, 5) is 0. The number of hydrogen-bond acceptors (Lipinski definition) is 2. The molecule has 0 radical (unpaired) electrons. The minimum absolute atomic E-state index is 0.0288. The molecule has 0 fully saturated rings. The zero-order chi connectivity index (χ0) is 11.3. The van der Waals surface area contributed by atoms with E-state index in [-0.39, 0.29) is 11.9 Å². The Hall–Kier alpha value is -0.640. The molecule has 4 heteroatoms. The molecular weight excluding hydrogens is 215 g/mol. The van der Waals surface area contributed by atoms with Gasteiger partial charge in [0.25, 0.3) is 0 Å². The Balaban J connectivity index is 2.78. The summed E-state index contributed by atoms with van der Waals surface area (Å²) in [6, 6.07) is 5.14. The lowest BCUT2D eigenvalue weighted by atomic mass is 10.0. The van der Waals surface area contributed by atoms with Crippen molar-refractivity contribution in [3.63, 3.8) is 0 Å². The van der Waals surface area contributed by atoms with Gasteiger partial charge in [-0.25, -0.2) is 4.39 Å². The van der Waals surface area contributed by atoms with Crippen molar-refractivity contribution < 1.29 is 4.39 Å². The van der Waals surface area contributed by atoms with E-state index in [0.717, 1.165) is 18.4 Å². The first-order valence-corrected chi connectivity index (χ1v) is 5.50. The minimum atomic E-state index is -0.196. The van der Waals surface area contributed by atoms with E-state index in [1.165, 1.54) is 6.07 Å². The summed E-state index contributed by atoms with van der Waals surface area (Å²) in [6.45, 7) is 1.74. The van der Waals surface area contributed by atoms with Crippen LogP contribution >= 0.6 is 11.6 Å². The quantitative estimate of drug-likeness (QED) is 0.464. The summed E-state index contributed by atoms with van der Waals surface area (Å²) >= 11 is 5.60. The molecule has 0 heterocycles. The molecule has 0 spiro atoms. The normalized spacial score (nSPS) is 12.8. The van der Waals surface area contributed by atoms with Gasteiger partial charge in [-0.05, 0) is 37.0 Å². The van der Waals surface area contributed by atoms with Gasteiger partial charge in [0.1, 0.15) is 5.82 Å². The highest BCUT2D eigenvalue weighted by Gasteiger charge is 2.10. The molecule has 0 aliphatic carbocycles. The van der Waals surface area contributed by atoms with Crippen molar-refractivity contribution >= 4 is 11.6 Å². The fraction of sp³-hybridized carbons (Fsp3) is 0.455.